The van der Waals surface area contributed by atoms with Crippen LogP contribution in [0.4, 0.5) is 11.5 Å². The number of hydrogen-bond donors (Lipinski definition) is 1. The van der Waals surface area contributed by atoms with E-state index in [1.165, 1.54) is 7.11 Å². The fourth-order valence-corrected chi connectivity index (χ4v) is 2.58. The number of aromatic nitrogens is 2. The summed E-state index contributed by atoms with van der Waals surface area (Å²) in [6.07, 6.45) is 1.69. The maximum atomic E-state index is 11.5. The van der Waals surface area contributed by atoms with Crippen molar-refractivity contribution >= 4 is 34.7 Å². The van der Waals surface area contributed by atoms with Gasteiger partial charge in [-0.15, -0.1) is 10.2 Å². The predicted octanol–water partition coefficient (Wildman–Crippen LogP) is 4.73. The molecule has 3 rings (SSSR count). The van der Waals surface area contributed by atoms with Crippen molar-refractivity contribution in [1.82, 2.24) is 9.38 Å². The molecule has 2 aromatic heterocycles. The predicted molar refractivity (Wildman–Crippen MR) is 93.8 cm³/mol. The number of azo groups is 1. The number of carboxylic acids is 1. The Bertz CT molecular complexity index is 1010. The summed E-state index contributed by atoms with van der Waals surface area (Å²) in [5.74, 6) is -0.585. The lowest BCUT2D eigenvalue weighted by molar-refractivity contribution is 0.0692. The van der Waals surface area contributed by atoms with E-state index in [2.05, 4.69) is 15.2 Å². The van der Waals surface area contributed by atoms with E-state index in [9.17, 15) is 9.90 Å². The van der Waals surface area contributed by atoms with Gasteiger partial charge in [0, 0.05) is 17.3 Å². The van der Waals surface area contributed by atoms with Crippen molar-refractivity contribution in [2.75, 3.05) is 7.11 Å². The number of rotatable bonds is 4. The van der Waals surface area contributed by atoms with Crippen molar-refractivity contribution in [2.45, 2.75) is 13.8 Å². The van der Waals surface area contributed by atoms with Crippen LogP contribution in [-0.4, -0.2) is 27.6 Å². The molecule has 0 atom stereocenters. The Morgan fingerprint density at radius 1 is 1.28 bits per heavy atom. The first-order valence-electron chi connectivity index (χ1n) is 7.39. The van der Waals surface area contributed by atoms with E-state index in [1.54, 1.807) is 28.8 Å². The largest absolute Gasteiger partial charge is 0.494 e. The van der Waals surface area contributed by atoms with Gasteiger partial charge in [0.05, 0.1) is 7.11 Å². The molecule has 25 heavy (non-hydrogen) atoms. The molecule has 0 unspecified atom stereocenters. The molecule has 0 amide bonds. The lowest BCUT2D eigenvalue weighted by Crippen LogP contribution is -1.96. The second-order valence-corrected chi connectivity index (χ2v) is 5.85. The second-order valence-electron chi connectivity index (χ2n) is 5.45. The molecule has 128 valence electrons. The van der Waals surface area contributed by atoms with E-state index < -0.39 is 5.97 Å². The molecule has 0 saturated carbocycles. The molecule has 0 spiro atoms. The van der Waals surface area contributed by atoms with Gasteiger partial charge in [0.25, 0.3) is 0 Å². The Labute approximate surface area is 148 Å². The Kier molecular flexibility index (Phi) is 4.41. The zero-order valence-corrected chi connectivity index (χ0v) is 14.6. The fourth-order valence-electron chi connectivity index (χ4n) is 2.42. The van der Waals surface area contributed by atoms with Crippen LogP contribution in [0.15, 0.2) is 40.7 Å². The summed E-state index contributed by atoms with van der Waals surface area (Å²) >= 11 is 6.08. The summed E-state index contributed by atoms with van der Waals surface area (Å²) in [4.78, 5) is 15.7. The molecular weight excluding hydrogens is 344 g/mol. The van der Waals surface area contributed by atoms with Crippen LogP contribution in [0.2, 0.25) is 5.02 Å². The number of benzene rings is 1. The van der Waals surface area contributed by atoms with Crippen molar-refractivity contribution in [1.29, 1.82) is 0 Å². The number of halogens is 1. The minimum Gasteiger partial charge on any atom is -0.494 e. The molecule has 0 aliphatic carbocycles. The zero-order chi connectivity index (χ0) is 18.1. The van der Waals surface area contributed by atoms with E-state index >= 15 is 0 Å². The number of ether oxygens (including phenoxy) is 1. The third-order valence-corrected chi connectivity index (χ3v) is 4.14. The van der Waals surface area contributed by atoms with Crippen molar-refractivity contribution in [2.24, 2.45) is 10.2 Å². The molecule has 0 bridgehead atoms. The molecule has 2 heterocycles. The quantitative estimate of drug-likeness (QED) is 0.683. The number of methoxy groups -OCH3 is 1. The third kappa shape index (κ3) is 3.06. The number of pyridine rings is 1. The van der Waals surface area contributed by atoms with E-state index in [0.717, 1.165) is 11.1 Å². The van der Waals surface area contributed by atoms with Gasteiger partial charge in [-0.3, -0.25) is 4.40 Å². The van der Waals surface area contributed by atoms with E-state index in [0.29, 0.717) is 22.1 Å². The highest BCUT2D eigenvalue weighted by Gasteiger charge is 2.19. The number of aromatic carboxylic acids is 1. The van der Waals surface area contributed by atoms with Gasteiger partial charge in [0.2, 0.25) is 0 Å². The van der Waals surface area contributed by atoms with Crippen LogP contribution in [0.1, 0.15) is 21.6 Å². The Balaban J connectivity index is 2.17. The minimum atomic E-state index is -1.17. The smallest absolute Gasteiger partial charge is 0.358 e. The van der Waals surface area contributed by atoms with Crippen LogP contribution < -0.4 is 4.74 Å². The highest BCUT2D eigenvalue weighted by Crippen LogP contribution is 2.35. The fraction of sp³-hybridized carbons (Fsp3) is 0.176. The number of nitrogens with zero attached hydrogens (tertiary/aromatic N) is 4. The highest BCUT2D eigenvalue weighted by molar-refractivity contribution is 6.31. The van der Waals surface area contributed by atoms with Crippen molar-refractivity contribution in [3.05, 3.63) is 52.3 Å². The standard InChI is InChI=1S/C17H15ClN4O3/c1-9-5-4-6-22-15(9)19-14(17(23)24)16(22)21-20-12-7-10(2)11(18)8-13(12)25-3/h4-8H,1-3H3,(H,23,24). The normalized spacial score (nSPS) is 11.4. The average Bonchev–Trinajstić information content (AvgIpc) is 2.96. The average molecular weight is 359 g/mol. The first-order valence-corrected chi connectivity index (χ1v) is 7.77. The molecule has 0 saturated heterocycles. The lowest BCUT2D eigenvalue weighted by atomic mass is 10.2. The summed E-state index contributed by atoms with van der Waals surface area (Å²) in [6.45, 7) is 3.68. The van der Waals surface area contributed by atoms with Gasteiger partial charge in [-0.2, -0.15) is 0 Å². The van der Waals surface area contributed by atoms with Crippen LogP contribution in [0.3, 0.4) is 0 Å². The number of imidazole rings is 1. The number of fused-ring (bicyclic) bond motifs is 1. The number of carbonyl (C=O) groups is 1. The third-order valence-electron chi connectivity index (χ3n) is 3.74. The number of aryl methyl sites for hydroxylation is 2. The van der Waals surface area contributed by atoms with Crippen molar-refractivity contribution in [3.63, 3.8) is 0 Å². The SMILES string of the molecule is COc1cc(Cl)c(C)cc1N=Nc1c(C(=O)O)nc2c(C)cccn12. The lowest BCUT2D eigenvalue weighted by Gasteiger charge is -2.06. The van der Waals surface area contributed by atoms with Gasteiger partial charge >= 0.3 is 5.97 Å². The van der Waals surface area contributed by atoms with Crippen LogP contribution in [0.25, 0.3) is 5.65 Å². The second kappa shape index (κ2) is 6.52. The van der Waals surface area contributed by atoms with Crippen molar-refractivity contribution < 1.29 is 14.6 Å². The minimum absolute atomic E-state index is 0.140. The zero-order valence-electron chi connectivity index (χ0n) is 13.8. The molecule has 0 aliphatic heterocycles. The van der Waals surface area contributed by atoms with Crippen LogP contribution in [0.5, 0.6) is 5.75 Å². The molecule has 8 heteroatoms. The summed E-state index contributed by atoms with van der Waals surface area (Å²) in [6, 6.07) is 7.00. The summed E-state index contributed by atoms with van der Waals surface area (Å²) in [5.41, 5.74) is 2.45. The highest BCUT2D eigenvalue weighted by atomic mass is 35.5. The van der Waals surface area contributed by atoms with Gasteiger partial charge < -0.3 is 9.84 Å². The molecule has 3 aromatic rings. The Morgan fingerprint density at radius 3 is 2.72 bits per heavy atom. The Hall–Kier alpha value is -2.93. The summed E-state index contributed by atoms with van der Waals surface area (Å²) in [5, 5.41) is 18.3. The van der Waals surface area contributed by atoms with Crippen molar-refractivity contribution in [3.8, 4) is 5.75 Å². The van der Waals surface area contributed by atoms with E-state index in [4.69, 9.17) is 16.3 Å². The maximum Gasteiger partial charge on any atom is 0.358 e. The van der Waals surface area contributed by atoms with Gasteiger partial charge in [-0.25, -0.2) is 9.78 Å². The van der Waals surface area contributed by atoms with Crippen LogP contribution >= 0.6 is 11.6 Å². The maximum absolute atomic E-state index is 11.5. The topological polar surface area (TPSA) is 88.5 Å². The first kappa shape index (κ1) is 16.9. The summed E-state index contributed by atoms with van der Waals surface area (Å²) in [7, 11) is 1.50. The van der Waals surface area contributed by atoms with Crippen LogP contribution in [0, 0.1) is 13.8 Å². The summed E-state index contributed by atoms with van der Waals surface area (Å²) < 4.78 is 6.85. The molecular formula is C17H15ClN4O3. The molecule has 1 N–H and O–H groups in total. The van der Waals surface area contributed by atoms with E-state index in [1.807, 2.05) is 19.9 Å². The van der Waals surface area contributed by atoms with Gasteiger partial charge in [-0.1, -0.05) is 17.7 Å². The van der Waals surface area contributed by atoms with Gasteiger partial charge in [-0.05, 0) is 37.1 Å². The van der Waals surface area contributed by atoms with Gasteiger partial charge in [0.1, 0.15) is 17.1 Å². The number of carboxylic acid groups (broad SMARTS) is 1. The first-order chi connectivity index (χ1) is 11.9. The van der Waals surface area contributed by atoms with Gasteiger partial charge in [0.15, 0.2) is 11.5 Å². The number of hydrogen-bond acceptors (Lipinski definition) is 5. The Morgan fingerprint density at radius 2 is 2.04 bits per heavy atom. The molecule has 7 nitrogen and oxygen atoms in total. The molecule has 0 aliphatic rings. The van der Waals surface area contributed by atoms with Crippen LogP contribution in [-0.2, 0) is 0 Å². The monoisotopic (exact) mass is 358 g/mol. The molecule has 0 radical (unpaired) electrons. The molecule has 1 aromatic carbocycles. The van der Waals surface area contributed by atoms with E-state index in [-0.39, 0.29) is 11.5 Å². The molecule has 0 fully saturated rings.